The number of rotatable bonds is 1. The smallest absolute Gasteiger partial charge is 0.163 e. The third-order valence-electron chi connectivity index (χ3n) is 6.95. The summed E-state index contributed by atoms with van der Waals surface area (Å²) in [4.78, 5) is 12.6. The summed E-state index contributed by atoms with van der Waals surface area (Å²) in [5, 5.41) is 9.70. The molecule has 1 aromatic carbocycles. The zero-order valence-corrected chi connectivity index (χ0v) is 13.2. The predicted octanol–water partition coefficient (Wildman–Crippen LogP) is 4.69. The molecule has 0 amide bonds. The molecule has 4 rings (SSSR count). The molecule has 1 aromatic rings. The molecule has 0 bridgehead atoms. The van der Waals surface area contributed by atoms with Crippen LogP contribution in [-0.2, 0) is 0 Å². The Morgan fingerprint density at radius 3 is 2.91 bits per heavy atom. The van der Waals surface area contributed by atoms with Gasteiger partial charge in [-0.1, -0.05) is 19.1 Å². The molecule has 0 radical (unpaired) electrons. The molecular formula is C20H24O2. The maximum atomic E-state index is 12.6. The first kappa shape index (κ1) is 14.0. The van der Waals surface area contributed by atoms with Crippen molar-refractivity contribution in [3.63, 3.8) is 0 Å². The van der Waals surface area contributed by atoms with Gasteiger partial charge in [0.05, 0.1) is 0 Å². The number of phenolic OH excluding ortho intramolecular Hbond substituents is 1. The van der Waals surface area contributed by atoms with Crippen LogP contribution in [0.15, 0.2) is 30.9 Å². The van der Waals surface area contributed by atoms with E-state index < -0.39 is 0 Å². The second-order valence-corrected chi connectivity index (χ2v) is 7.74. The highest BCUT2D eigenvalue weighted by atomic mass is 16.3. The van der Waals surface area contributed by atoms with E-state index in [4.69, 9.17) is 0 Å². The van der Waals surface area contributed by atoms with Gasteiger partial charge in [0.2, 0.25) is 0 Å². The molecule has 2 heteroatoms. The largest absolute Gasteiger partial charge is 0.508 e. The SMILES string of the molecule is C=CC1CCC2C3CC(=O)c4cc(O)ccc4C3CCC12C. The number of hydrogen-bond acceptors (Lipinski definition) is 2. The highest BCUT2D eigenvalue weighted by molar-refractivity contribution is 5.99. The van der Waals surface area contributed by atoms with Crippen LogP contribution in [0.3, 0.4) is 0 Å². The summed E-state index contributed by atoms with van der Waals surface area (Å²) in [6, 6.07) is 5.40. The fraction of sp³-hybridized carbons (Fsp3) is 0.550. The van der Waals surface area contributed by atoms with E-state index >= 15 is 0 Å². The first-order chi connectivity index (χ1) is 10.5. The van der Waals surface area contributed by atoms with E-state index in [0.29, 0.717) is 35.5 Å². The van der Waals surface area contributed by atoms with Gasteiger partial charge in [-0.05, 0) is 72.5 Å². The van der Waals surface area contributed by atoms with Crippen LogP contribution in [0.25, 0.3) is 0 Å². The molecule has 0 saturated heterocycles. The first-order valence-corrected chi connectivity index (χ1v) is 8.53. The Kier molecular flexibility index (Phi) is 3.01. The average Bonchev–Trinajstić information content (AvgIpc) is 2.84. The Morgan fingerprint density at radius 2 is 2.14 bits per heavy atom. The van der Waals surface area contributed by atoms with Crippen molar-refractivity contribution in [2.45, 2.75) is 44.9 Å². The molecule has 1 N–H and O–H groups in total. The van der Waals surface area contributed by atoms with E-state index in [9.17, 15) is 9.90 Å². The van der Waals surface area contributed by atoms with Crippen LogP contribution in [-0.4, -0.2) is 10.9 Å². The molecule has 116 valence electrons. The second-order valence-electron chi connectivity index (χ2n) is 7.74. The van der Waals surface area contributed by atoms with E-state index in [1.807, 2.05) is 6.07 Å². The number of Topliss-reactive ketones (excluding diaryl/α,β-unsaturated/α-hetero) is 1. The molecule has 0 spiro atoms. The summed E-state index contributed by atoms with van der Waals surface area (Å²) in [6.07, 6.45) is 7.65. The van der Waals surface area contributed by atoms with Gasteiger partial charge in [0.15, 0.2) is 5.78 Å². The third kappa shape index (κ3) is 1.76. The molecule has 0 aromatic heterocycles. The zero-order valence-electron chi connectivity index (χ0n) is 13.2. The molecule has 2 saturated carbocycles. The number of aromatic hydroxyl groups is 1. The summed E-state index contributed by atoms with van der Waals surface area (Å²) in [5.41, 5.74) is 2.28. The van der Waals surface area contributed by atoms with Gasteiger partial charge in [0, 0.05) is 12.0 Å². The molecular weight excluding hydrogens is 272 g/mol. The predicted molar refractivity (Wildman–Crippen MR) is 87.0 cm³/mol. The van der Waals surface area contributed by atoms with Gasteiger partial charge in [-0.25, -0.2) is 0 Å². The van der Waals surface area contributed by atoms with E-state index in [-0.39, 0.29) is 11.5 Å². The molecule has 0 aliphatic heterocycles. The molecule has 3 aliphatic rings. The summed E-state index contributed by atoms with van der Waals surface area (Å²) >= 11 is 0. The lowest BCUT2D eigenvalue weighted by Crippen LogP contribution is -2.43. The van der Waals surface area contributed by atoms with E-state index in [1.165, 1.54) is 24.8 Å². The van der Waals surface area contributed by atoms with Crippen LogP contribution in [0, 0.1) is 23.2 Å². The van der Waals surface area contributed by atoms with Crippen LogP contribution in [0.5, 0.6) is 5.75 Å². The summed E-state index contributed by atoms with van der Waals surface area (Å²) in [5.74, 6) is 2.65. The van der Waals surface area contributed by atoms with Crippen molar-refractivity contribution in [2.24, 2.45) is 23.2 Å². The van der Waals surface area contributed by atoms with Gasteiger partial charge in [-0.15, -0.1) is 6.58 Å². The summed E-state index contributed by atoms with van der Waals surface area (Å²) in [7, 11) is 0. The minimum absolute atomic E-state index is 0.207. The highest BCUT2D eigenvalue weighted by Gasteiger charge is 2.54. The van der Waals surface area contributed by atoms with Gasteiger partial charge in [0.25, 0.3) is 0 Å². The molecule has 5 unspecified atom stereocenters. The number of fused-ring (bicyclic) bond motifs is 5. The van der Waals surface area contributed by atoms with Gasteiger partial charge in [-0.3, -0.25) is 4.79 Å². The molecule has 2 fully saturated rings. The van der Waals surface area contributed by atoms with Crippen molar-refractivity contribution in [3.05, 3.63) is 42.0 Å². The molecule has 22 heavy (non-hydrogen) atoms. The summed E-state index contributed by atoms with van der Waals surface area (Å²) in [6.45, 7) is 6.47. The van der Waals surface area contributed by atoms with E-state index in [0.717, 1.165) is 12.0 Å². The minimum atomic E-state index is 0.207. The Hall–Kier alpha value is -1.57. The normalized spacial score (nSPS) is 39.8. The lowest BCUT2D eigenvalue weighted by molar-refractivity contribution is 0.0386. The Morgan fingerprint density at radius 1 is 1.32 bits per heavy atom. The van der Waals surface area contributed by atoms with Crippen molar-refractivity contribution >= 4 is 5.78 Å². The number of carbonyl (C=O) groups is 1. The number of benzene rings is 1. The number of hydrogen-bond donors (Lipinski definition) is 1. The number of carbonyl (C=O) groups excluding carboxylic acids is 1. The lowest BCUT2D eigenvalue weighted by Gasteiger charge is -2.50. The number of allylic oxidation sites excluding steroid dienone is 1. The van der Waals surface area contributed by atoms with Crippen molar-refractivity contribution in [2.75, 3.05) is 0 Å². The maximum Gasteiger partial charge on any atom is 0.163 e. The lowest BCUT2D eigenvalue weighted by atomic mass is 9.54. The molecule has 0 heterocycles. The first-order valence-electron chi connectivity index (χ1n) is 8.53. The van der Waals surface area contributed by atoms with Gasteiger partial charge in [0.1, 0.15) is 5.75 Å². The Labute approximate surface area is 132 Å². The van der Waals surface area contributed by atoms with Gasteiger partial charge >= 0.3 is 0 Å². The van der Waals surface area contributed by atoms with Crippen LogP contribution < -0.4 is 0 Å². The topological polar surface area (TPSA) is 37.3 Å². The van der Waals surface area contributed by atoms with Crippen molar-refractivity contribution in [3.8, 4) is 5.75 Å². The zero-order chi connectivity index (χ0) is 15.5. The molecule has 2 nitrogen and oxygen atoms in total. The standard InChI is InChI=1S/C20H24O2/c1-3-12-4-7-18-16-11-19(22)17-10-13(21)5-6-14(17)15(16)8-9-20(12,18)2/h3,5-6,10,12,15-16,18,21H,1,4,7-9,11H2,2H3. The van der Waals surface area contributed by atoms with Crippen molar-refractivity contribution < 1.29 is 9.90 Å². The second kappa shape index (κ2) is 4.71. The maximum absolute atomic E-state index is 12.6. The summed E-state index contributed by atoms with van der Waals surface area (Å²) < 4.78 is 0. The Balaban J connectivity index is 1.75. The van der Waals surface area contributed by atoms with E-state index in [1.54, 1.807) is 12.1 Å². The van der Waals surface area contributed by atoms with Gasteiger partial charge < -0.3 is 5.11 Å². The number of phenols is 1. The highest BCUT2D eigenvalue weighted by Crippen LogP contribution is 2.63. The molecule has 5 atom stereocenters. The van der Waals surface area contributed by atoms with Crippen molar-refractivity contribution in [1.29, 1.82) is 0 Å². The third-order valence-corrected chi connectivity index (χ3v) is 6.95. The monoisotopic (exact) mass is 296 g/mol. The quantitative estimate of drug-likeness (QED) is 0.763. The van der Waals surface area contributed by atoms with Crippen LogP contribution in [0.2, 0.25) is 0 Å². The van der Waals surface area contributed by atoms with Crippen molar-refractivity contribution in [1.82, 2.24) is 0 Å². The van der Waals surface area contributed by atoms with Crippen LogP contribution >= 0.6 is 0 Å². The average molecular weight is 296 g/mol. The number of ketones is 1. The fourth-order valence-corrected chi connectivity index (χ4v) is 5.82. The Bertz CT molecular complexity index is 647. The van der Waals surface area contributed by atoms with Crippen LogP contribution in [0.4, 0.5) is 0 Å². The minimum Gasteiger partial charge on any atom is -0.508 e. The van der Waals surface area contributed by atoms with Crippen LogP contribution in [0.1, 0.15) is 60.9 Å². The fourth-order valence-electron chi connectivity index (χ4n) is 5.82. The van der Waals surface area contributed by atoms with Gasteiger partial charge in [-0.2, -0.15) is 0 Å². The van der Waals surface area contributed by atoms with E-state index in [2.05, 4.69) is 19.6 Å². The molecule has 3 aliphatic carbocycles.